The Labute approximate surface area is 127 Å². The number of carbonyl (C=O) groups excluding carboxylic acids is 1. The van der Waals surface area contributed by atoms with Crippen LogP contribution in [-0.4, -0.2) is 41.6 Å². The van der Waals surface area contributed by atoms with Crippen molar-refractivity contribution in [3.05, 3.63) is 29.8 Å². The molecule has 0 saturated heterocycles. The number of hydrogen-bond acceptors (Lipinski definition) is 3. The fourth-order valence-electron chi connectivity index (χ4n) is 3.02. The standard InChI is InChI=1S/C17H26N2O2/c1-3-11-18-14-7-9-15(10-8-14)19(2)17(21)13-5-4-6-16(20)12-13/h4-6,12,14-15,18,20H,3,7-11H2,1-2H3. The van der Waals surface area contributed by atoms with E-state index in [1.165, 1.54) is 6.07 Å². The van der Waals surface area contributed by atoms with Crippen LogP contribution in [0.1, 0.15) is 49.4 Å². The molecule has 0 unspecified atom stereocenters. The Balaban J connectivity index is 1.89. The first kappa shape index (κ1) is 15.8. The molecule has 1 saturated carbocycles. The third-order valence-corrected chi connectivity index (χ3v) is 4.34. The average molecular weight is 290 g/mol. The van der Waals surface area contributed by atoms with Crippen LogP contribution in [0.4, 0.5) is 0 Å². The summed E-state index contributed by atoms with van der Waals surface area (Å²) in [6.45, 7) is 3.26. The van der Waals surface area contributed by atoms with Crippen LogP contribution in [0.2, 0.25) is 0 Å². The highest BCUT2D eigenvalue weighted by Crippen LogP contribution is 2.24. The van der Waals surface area contributed by atoms with E-state index in [9.17, 15) is 9.90 Å². The van der Waals surface area contributed by atoms with E-state index < -0.39 is 0 Å². The van der Waals surface area contributed by atoms with Crippen LogP contribution in [0.3, 0.4) is 0 Å². The van der Waals surface area contributed by atoms with Gasteiger partial charge in [-0.15, -0.1) is 0 Å². The molecule has 1 aliphatic carbocycles. The molecule has 1 aromatic carbocycles. The van der Waals surface area contributed by atoms with Crippen molar-refractivity contribution in [1.29, 1.82) is 0 Å². The van der Waals surface area contributed by atoms with E-state index in [-0.39, 0.29) is 11.7 Å². The quantitative estimate of drug-likeness (QED) is 0.876. The van der Waals surface area contributed by atoms with Crippen LogP contribution in [0.25, 0.3) is 0 Å². The summed E-state index contributed by atoms with van der Waals surface area (Å²) in [4.78, 5) is 14.3. The number of phenols is 1. The summed E-state index contributed by atoms with van der Waals surface area (Å²) in [5.41, 5.74) is 0.559. The maximum Gasteiger partial charge on any atom is 0.253 e. The van der Waals surface area contributed by atoms with Crippen molar-refractivity contribution < 1.29 is 9.90 Å². The minimum Gasteiger partial charge on any atom is -0.508 e. The van der Waals surface area contributed by atoms with Crippen molar-refractivity contribution in [2.75, 3.05) is 13.6 Å². The summed E-state index contributed by atoms with van der Waals surface area (Å²) in [6.07, 6.45) is 5.51. The minimum absolute atomic E-state index is 0.00383. The van der Waals surface area contributed by atoms with Gasteiger partial charge in [-0.3, -0.25) is 4.79 Å². The highest BCUT2D eigenvalue weighted by Gasteiger charge is 2.26. The fraction of sp³-hybridized carbons (Fsp3) is 0.588. The molecule has 1 fully saturated rings. The summed E-state index contributed by atoms with van der Waals surface area (Å²) >= 11 is 0. The van der Waals surface area contributed by atoms with E-state index in [0.717, 1.165) is 38.6 Å². The van der Waals surface area contributed by atoms with Gasteiger partial charge in [0.05, 0.1) is 0 Å². The number of nitrogens with zero attached hydrogens (tertiary/aromatic N) is 1. The summed E-state index contributed by atoms with van der Waals surface area (Å²) in [7, 11) is 1.87. The molecular formula is C17H26N2O2. The van der Waals surface area contributed by atoms with Crippen molar-refractivity contribution in [1.82, 2.24) is 10.2 Å². The molecular weight excluding hydrogens is 264 g/mol. The monoisotopic (exact) mass is 290 g/mol. The molecule has 0 atom stereocenters. The topological polar surface area (TPSA) is 52.6 Å². The predicted molar refractivity (Wildman–Crippen MR) is 84.5 cm³/mol. The van der Waals surface area contributed by atoms with E-state index in [4.69, 9.17) is 0 Å². The SMILES string of the molecule is CCCNC1CCC(N(C)C(=O)c2cccc(O)c2)CC1. The van der Waals surface area contributed by atoms with Gasteiger partial charge in [0.25, 0.3) is 5.91 Å². The highest BCUT2D eigenvalue weighted by atomic mass is 16.3. The Morgan fingerprint density at radius 3 is 2.67 bits per heavy atom. The number of amides is 1. The zero-order valence-corrected chi connectivity index (χ0v) is 13.0. The zero-order chi connectivity index (χ0) is 15.2. The third kappa shape index (κ3) is 4.21. The Bertz CT molecular complexity index is 468. The van der Waals surface area contributed by atoms with Gasteiger partial charge in [0, 0.05) is 24.7 Å². The normalized spacial score (nSPS) is 22.0. The maximum atomic E-state index is 12.4. The number of hydrogen-bond donors (Lipinski definition) is 2. The largest absolute Gasteiger partial charge is 0.508 e. The molecule has 1 aromatic rings. The van der Waals surface area contributed by atoms with E-state index in [0.29, 0.717) is 17.6 Å². The van der Waals surface area contributed by atoms with Gasteiger partial charge in [0.15, 0.2) is 0 Å². The summed E-state index contributed by atoms with van der Waals surface area (Å²) in [5, 5.41) is 13.1. The molecule has 2 N–H and O–H groups in total. The lowest BCUT2D eigenvalue weighted by Crippen LogP contribution is -2.43. The van der Waals surface area contributed by atoms with E-state index in [1.807, 2.05) is 11.9 Å². The second kappa shape index (κ2) is 7.46. The van der Waals surface area contributed by atoms with Crippen LogP contribution in [0.15, 0.2) is 24.3 Å². The molecule has 116 valence electrons. The molecule has 0 spiro atoms. The van der Waals surface area contributed by atoms with Gasteiger partial charge in [0.1, 0.15) is 5.75 Å². The lowest BCUT2D eigenvalue weighted by atomic mass is 9.90. The summed E-state index contributed by atoms with van der Waals surface area (Å²) in [5.74, 6) is 0.137. The fourth-order valence-corrected chi connectivity index (χ4v) is 3.02. The first-order valence-electron chi connectivity index (χ1n) is 7.91. The van der Waals surface area contributed by atoms with Gasteiger partial charge in [-0.1, -0.05) is 13.0 Å². The van der Waals surface area contributed by atoms with Crippen LogP contribution in [0, 0.1) is 0 Å². The number of carbonyl (C=O) groups is 1. The molecule has 0 heterocycles. The number of phenolic OH excluding ortho intramolecular Hbond substituents is 1. The molecule has 0 aliphatic heterocycles. The summed E-state index contributed by atoms with van der Waals surface area (Å²) in [6, 6.07) is 7.49. The predicted octanol–water partition coefficient (Wildman–Crippen LogP) is 2.78. The van der Waals surface area contributed by atoms with Crippen LogP contribution in [-0.2, 0) is 0 Å². The number of rotatable bonds is 5. The lowest BCUT2D eigenvalue weighted by Gasteiger charge is -2.35. The van der Waals surface area contributed by atoms with Crippen molar-refractivity contribution in [2.24, 2.45) is 0 Å². The van der Waals surface area contributed by atoms with Crippen molar-refractivity contribution in [3.63, 3.8) is 0 Å². The van der Waals surface area contributed by atoms with Crippen molar-refractivity contribution >= 4 is 5.91 Å². The lowest BCUT2D eigenvalue weighted by molar-refractivity contribution is 0.0684. The number of aromatic hydroxyl groups is 1. The second-order valence-corrected chi connectivity index (χ2v) is 5.93. The number of nitrogens with one attached hydrogen (secondary N) is 1. The van der Waals surface area contributed by atoms with E-state index >= 15 is 0 Å². The maximum absolute atomic E-state index is 12.4. The van der Waals surface area contributed by atoms with E-state index in [1.54, 1.807) is 18.2 Å². The first-order chi connectivity index (χ1) is 10.1. The Morgan fingerprint density at radius 2 is 2.05 bits per heavy atom. The molecule has 0 radical (unpaired) electrons. The molecule has 0 bridgehead atoms. The molecule has 4 heteroatoms. The van der Waals surface area contributed by atoms with Crippen LogP contribution < -0.4 is 5.32 Å². The smallest absolute Gasteiger partial charge is 0.253 e. The molecule has 21 heavy (non-hydrogen) atoms. The second-order valence-electron chi connectivity index (χ2n) is 5.93. The highest BCUT2D eigenvalue weighted by molar-refractivity contribution is 5.94. The van der Waals surface area contributed by atoms with Gasteiger partial charge >= 0.3 is 0 Å². The van der Waals surface area contributed by atoms with Gasteiger partial charge in [-0.25, -0.2) is 0 Å². The van der Waals surface area contributed by atoms with Crippen LogP contribution >= 0.6 is 0 Å². The average Bonchev–Trinajstić information content (AvgIpc) is 2.52. The minimum atomic E-state index is -0.00383. The Kier molecular flexibility index (Phi) is 5.62. The molecule has 1 aliphatic rings. The van der Waals surface area contributed by atoms with Crippen molar-refractivity contribution in [2.45, 2.75) is 51.1 Å². The number of benzene rings is 1. The van der Waals surface area contributed by atoms with Crippen LogP contribution in [0.5, 0.6) is 5.75 Å². The van der Waals surface area contributed by atoms with Crippen molar-refractivity contribution in [3.8, 4) is 5.75 Å². The molecule has 2 rings (SSSR count). The Morgan fingerprint density at radius 1 is 1.33 bits per heavy atom. The van der Waals surface area contributed by atoms with E-state index in [2.05, 4.69) is 12.2 Å². The van der Waals surface area contributed by atoms with Gasteiger partial charge in [-0.05, 0) is 56.8 Å². The third-order valence-electron chi connectivity index (χ3n) is 4.34. The Hall–Kier alpha value is -1.55. The zero-order valence-electron chi connectivity index (χ0n) is 13.0. The summed E-state index contributed by atoms with van der Waals surface area (Å²) < 4.78 is 0. The van der Waals surface area contributed by atoms with Gasteiger partial charge in [-0.2, -0.15) is 0 Å². The van der Waals surface area contributed by atoms with Gasteiger partial charge < -0.3 is 15.3 Å². The first-order valence-corrected chi connectivity index (χ1v) is 7.91. The van der Waals surface area contributed by atoms with Gasteiger partial charge in [0.2, 0.25) is 0 Å². The molecule has 1 amide bonds. The molecule has 4 nitrogen and oxygen atoms in total. The molecule has 0 aromatic heterocycles.